The van der Waals surface area contributed by atoms with E-state index in [1.165, 1.54) is 25.8 Å². The number of benzene rings is 2. The maximum atomic E-state index is 12.2. The summed E-state index contributed by atoms with van der Waals surface area (Å²) < 4.78 is 5.23. The number of methoxy groups -OCH3 is 1. The molecule has 28 heavy (non-hydrogen) atoms. The molecule has 0 aliphatic heterocycles. The van der Waals surface area contributed by atoms with Crippen LogP contribution in [0, 0.1) is 6.92 Å². The van der Waals surface area contributed by atoms with Crippen LogP contribution in [0.25, 0.3) is 0 Å². The Hall–Kier alpha value is -3.00. The Labute approximate surface area is 168 Å². The van der Waals surface area contributed by atoms with Crippen LogP contribution in [0.3, 0.4) is 0 Å². The van der Waals surface area contributed by atoms with Gasteiger partial charge in [0.25, 0.3) is 0 Å². The third kappa shape index (κ3) is 6.96. The average molecular weight is 401 g/mol. The quantitative estimate of drug-likeness (QED) is 0.631. The van der Waals surface area contributed by atoms with Crippen LogP contribution in [0.1, 0.15) is 12.5 Å². The Balaban J connectivity index is 1.85. The molecule has 2 aromatic rings. The van der Waals surface area contributed by atoms with E-state index < -0.39 is 0 Å². The van der Waals surface area contributed by atoms with Gasteiger partial charge in [-0.1, -0.05) is 12.1 Å². The summed E-state index contributed by atoms with van der Waals surface area (Å²) in [5.74, 6) is 0.0849. The van der Waals surface area contributed by atoms with E-state index in [4.69, 9.17) is 4.74 Å². The van der Waals surface area contributed by atoms with E-state index in [0.29, 0.717) is 17.1 Å². The third-order valence-corrected chi connectivity index (χ3v) is 4.49. The van der Waals surface area contributed by atoms with Crippen LogP contribution in [-0.2, 0) is 14.4 Å². The Morgan fingerprint density at radius 2 is 1.61 bits per heavy atom. The second-order valence-corrected chi connectivity index (χ2v) is 7.04. The van der Waals surface area contributed by atoms with Gasteiger partial charge in [0.1, 0.15) is 5.75 Å². The first-order valence-corrected chi connectivity index (χ1v) is 9.72. The molecule has 7 nitrogen and oxygen atoms in total. The molecule has 0 aliphatic carbocycles. The van der Waals surface area contributed by atoms with Gasteiger partial charge in [-0.25, -0.2) is 0 Å². The number of ether oxygens (including phenoxy) is 1. The lowest BCUT2D eigenvalue weighted by Crippen LogP contribution is -2.19. The van der Waals surface area contributed by atoms with Gasteiger partial charge < -0.3 is 20.7 Å². The standard InChI is InChI=1S/C20H23N3O4S/c1-13-5-4-6-15(9-13)22-19(25)11-28-12-20(26)23-17-10-16(21-14(2)24)7-8-18(17)27-3/h4-10H,11-12H2,1-3H3,(H,21,24)(H,22,25)(H,23,26). The van der Waals surface area contributed by atoms with Crippen molar-refractivity contribution >= 4 is 46.5 Å². The molecule has 0 saturated heterocycles. The van der Waals surface area contributed by atoms with E-state index >= 15 is 0 Å². The first-order valence-electron chi connectivity index (χ1n) is 8.57. The van der Waals surface area contributed by atoms with Gasteiger partial charge in [-0.05, 0) is 42.8 Å². The van der Waals surface area contributed by atoms with E-state index in [1.807, 2.05) is 31.2 Å². The molecule has 0 bridgehead atoms. The molecule has 148 valence electrons. The molecule has 3 N–H and O–H groups in total. The minimum atomic E-state index is -0.272. The number of nitrogens with one attached hydrogen (secondary N) is 3. The van der Waals surface area contributed by atoms with Crippen LogP contribution in [0.2, 0.25) is 0 Å². The highest BCUT2D eigenvalue weighted by atomic mass is 32.2. The highest BCUT2D eigenvalue weighted by Gasteiger charge is 2.11. The van der Waals surface area contributed by atoms with E-state index in [1.54, 1.807) is 18.2 Å². The Bertz CT molecular complexity index is 870. The van der Waals surface area contributed by atoms with Crippen molar-refractivity contribution in [3.05, 3.63) is 48.0 Å². The molecule has 8 heteroatoms. The van der Waals surface area contributed by atoms with Crippen LogP contribution >= 0.6 is 11.8 Å². The zero-order chi connectivity index (χ0) is 20.5. The van der Waals surface area contributed by atoms with Crippen LogP contribution < -0.4 is 20.7 Å². The summed E-state index contributed by atoms with van der Waals surface area (Å²) in [5, 5.41) is 8.19. The van der Waals surface area contributed by atoms with Gasteiger partial charge in [-0.2, -0.15) is 0 Å². The van der Waals surface area contributed by atoms with Crippen LogP contribution in [0.5, 0.6) is 5.75 Å². The lowest BCUT2D eigenvalue weighted by Gasteiger charge is -2.12. The SMILES string of the molecule is COc1ccc(NC(C)=O)cc1NC(=O)CSCC(=O)Nc1cccc(C)c1. The van der Waals surface area contributed by atoms with Crippen molar-refractivity contribution < 1.29 is 19.1 Å². The van der Waals surface area contributed by atoms with E-state index in [-0.39, 0.29) is 29.2 Å². The van der Waals surface area contributed by atoms with Crippen LogP contribution in [0.15, 0.2) is 42.5 Å². The zero-order valence-electron chi connectivity index (χ0n) is 16.0. The van der Waals surface area contributed by atoms with Gasteiger partial charge in [-0.15, -0.1) is 11.8 Å². The van der Waals surface area contributed by atoms with Crippen molar-refractivity contribution in [1.29, 1.82) is 0 Å². The molecule has 3 amide bonds. The molecule has 0 saturated carbocycles. The summed E-state index contributed by atoms with van der Waals surface area (Å²) >= 11 is 1.21. The highest BCUT2D eigenvalue weighted by molar-refractivity contribution is 8.00. The van der Waals surface area contributed by atoms with Gasteiger partial charge in [0.05, 0.1) is 24.3 Å². The summed E-state index contributed by atoms with van der Waals surface area (Å²) in [6, 6.07) is 12.5. The second kappa shape index (κ2) is 10.4. The number of carbonyl (C=O) groups excluding carboxylic acids is 3. The van der Waals surface area contributed by atoms with Crippen molar-refractivity contribution in [3.8, 4) is 5.75 Å². The normalized spacial score (nSPS) is 10.1. The molecule has 0 fully saturated rings. The fraction of sp³-hybridized carbons (Fsp3) is 0.250. The van der Waals surface area contributed by atoms with E-state index in [9.17, 15) is 14.4 Å². The monoisotopic (exact) mass is 401 g/mol. The predicted octanol–water partition coefficient (Wildman–Crippen LogP) is 3.27. The summed E-state index contributed by atoms with van der Waals surface area (Å²) in [7, 11) is 1.49. The lowest BCUT2D eigenvalue weighted by molar-refractivity contribution is -0.115. The van der Waals surface area contributed by atoms with Crippen molar-refractivity contribution in [3.63, 3.8) is 0 Å². The number of amides is 3. The summed E-state index contributed by atoms with van der Waals surface area (Å²) in [6.07, 6.45) is 0. The topological polar surface area (TPSA) is 96.5 Å². The van der Waals surface area contributed by atoms with Crippen molar-refractivity contribution in [1.82, 2.24) is 0 Å². The molecule has 0 radical (unpaired) electrons. The minimum absolute atomic E-state index is 0.106. The van der Waals surface area contributed by atoms with Crippen molar-refractivity contribution in [2.24, 2.45) is 0 Å². The number of anilines is 3. The average Bonchev–Trinajstić information content (AvgIpc) is 2.61. The Morgan fingerprint density at radius 1 is 0.929 bits per heavy atom. The predicted molar refractivity (Wildman–Crippen MR) is 113 cm³/mol. The summed E-state index contributed by atoms with van der Waals surface area (Å²) in [4.78, 5) is 35.4. The fourth-order valence-electron chi connectivity index (χ4n) is 2.43. The van der Waals surface area contributed by atoms with Gasteiger partial charge in [-0.3, -0.25) is 14.4 Å². The van der Waals surface area contributed by atoms with Crippen molar-refractivity contribution in [2.45, 2.75) is 13.8 Å². The number of carbonyl (C=O) groups is 3. The zero-order valence-corrected chi connectivity index (χ0v) is 16.8. The molecule has 2 aromatic carbocycles. The molecule has 0 atom stereocenters. The van der Waals surface area contributed by atoms with Gasteiger partial charge in [0.15, 0.2) is 0 Å². The molecule has 0 heterocycles. The molecular weight excluding hydrogens is 378 g/mol. The van der Waals surface area contributed by atoms with E-state index in [2.05, 4.69) is 16.0 Å². The van der Waals surface area contributed by atoms with Crippen molar-refractivity contribution in [2.75, 3.05) is 34.6 Å². The summed E-state index contributed by atoms with van der Waals surface area (Å²) in [6.45, 7) is 3.35. The number of hydrogen-bond acceptors (Lipinski definition) is 5. The van der Waals surface area contributed by atoms with Crippen LogP contribution in [0.4, 0.5) is 17.1 Å². The minimum Gasteiger partial charge on any atom is -0.495 e. The highest BCUT2D eigenvalue weighted by Crippen LogP contribution is 2.28. The first kappa shape index (κ1) is 21.3. The fourth-order valence-corrected chi connectivity index (χ4v) is 3.05. The third-order valence-electron chi connectivity index (χ3n) is 3.56. The molecular formula is C20H23N3O4S. The van der Waals surface area contributed by atoms with Crippen LogP contribution in [-0.4, -0.2) is 36.3 Å². The van der Waals surface area contributed by atoms with Gasteiger partial charge in [0.2, 0.25) is 17.7 Å². The Kier molecular flexibility index (Phi) is 7.88. The first-order chi connectivity index (χ1) is 13.4. The number of thioether (sulfide) groups is 1. The number of hydrogen-bond donors (Lipinski definition) is 3. The number of aryl methyl sites for hydroxylation is 1. The Morgan fingerprint density at radius 3 is 2.25 bits per heavy atom. The molecule has 0 unspecified atom stereocenters. The summed E-state index contributed by atoms with van der Waals surface area (Å²) in [5.41, 5.74) is 2.78. The van der Waals surface area contributed by atoms with E-state index in [0.717, 1.165) is 11.3 Å². The smallest absolute Gasteiger partial charge is 0.234 e. The maximum Gasteiger partial charge on any atom is 0.234 e. The molecule has 2 rings (SSSR count). The largest absolute Gasteiger partial charge is 0.495 e. The second-order valence-electron chi connectivity index (χ2n) is 6.05. The lowest BCUT2D eigenvalue weighted by atomic mass is 10.2. The number of rotatable bonds is 8. The molecule has 0 aromatic heterocycles. The molecule has 0 aliphatic rings. The maximum absolute atomic E-state index is 12.2. The molecule has 0 spiro atoms. The van der Waals surface area contributed by atoms with Gasteiger partial charge >= 0.3 is 0 Å². The van der Waals surface area contributed by atoms with Gasteiger partial charge in [0, 0.05) is 18.3 Å².